The molecule has 1 aliphatic rings. The highest BCUT2D eigenvalue weighted by Crippen LogP contribution is 2.27. The second-order valence-electron chi connectivity index (χ2n) is 9.95. The van der Waals surface area contributed by atoms with Gasteiger partial charge in [0.25, 0.3) is 0 Å². The van der Waals surface area contributed by atoms with Crippen LogP contribution in [0.25, 0.3) is 16.8 Å². The minimum atomic E-state index is -3.61. The Hall–Kier alpha value is -2.88. The molecule has 0 radical (unpaired) electrons. The number of rotatable bonds is 12. The number of nitrogens with zero attached hydrogens (tertiary/aromatic N) is 5. The van der Waals surface area contributed by atoms with Crippen LogP contribution in [0.15, 0.2) is 71.9 Å². The van der Waals surface area contributed by atoms with Gasteiger partial charge in [0.1, 0.15) is 0 Å². The Morgan fingerprint density at radius 2 is 1.73 bits per heavy atom. The first-order valence-electron chi connectivity index (χ1n) is 13.6. The molecular weight excluding hydrogens is 543 g/mol. The number of piperazine rings is 1. The highest BCUT2D eigenvalue weighted by Gasteiger charge is 2.29. The predicted molar refractivity (Wildman–Crippen MR) is 164 cm³/mol. The summed E-state index contributed by atoms with van der Waals surface area (Å²) in [7, 11) is 1.30. The molecule has 9 nitrogen and oxygen atoms in total. The molecule has 1 saturated heterocycles. The maximum Gasteiger partial charge on any atom is 0.243 e. The van der Waals surface area contributed by atoms with Crippen LogP contribution >= 0.6 is 8.58 Å². The molecule has 1 aromatic heterocycles. The highest BCUT2D eigenvalue weighted by molar-refractivity contribution is 7.89. The summed E-state index contributed by atoms with van der Waals surface area (Å²) in [6.07, 6.45) is 8.20. The number of hydrogen-bond donors (Lipinski definition) is 2. The third-order valence-corrected chi connectivity index (χ3v) is 10.2. The Balaban J connectivity index is 1.39. The smallest absolute Gasteiger partial charge is 0.243 e. The van der Waals surface area contributed by atoms with Crippen molar-refractivity contribution in [2.24, 2.45) is 0 Å². The molecule has 2 N–H and O–H groups in total. The molecule has 4 rings (SSSR count). The zero-order chi connectivity index (χ0) is 28.5. The monoisotopic (exact) mass is 582 g/mol. The molecule has 0 bridgehead atoms. The number of benzene rings is 2. The van der Waals surface area contributed by atoms with Crippen molar-refractivity contribution < 1.29 is 13.6 Å². The van der Waals surface area contributed by atoms with E-state index in [0.717, 1.165) is 31.1 Å². The van der Waals surface area contributed by atoms with E-state index in [1.165, 1.54) is 15.2 Å². The summed E-state index contributed by atoms with van der Waals surface area (Å²) in [5.74, 6) is 0.542. The first-order chi connectivity index (χ1) is 19.3. The molecule has 1 atom stereocenters. The first kappa shape index (κ1) is 30.1. The van der Waals surface area contributed by atoms with Crippen LogP contribution in [0.1, 0.15) is 25.3 Å². The van der Waals surface area contributed by atoms with E-state index in [4.69, 9.17) is 0 Å². The lowest BCUT2D eigenvalue weighted by atomic mass is 10.1. The van der Waals surface area contributed by atoms with Gasteiger partial charge in [-0.05, 0) is 68.2 Å². The average Bonchev–Trinajstić information content (AvgIpc) is 2.98. The maximum absolute atomic E-state index is 13.4. The number of sulfonamides is 1. The van der Waals surface area contributed by atoms with Gasteiger partial charge in [-0.3, -0.25) is 10.7 Å². The van der Waals surface area contributed by atoms with Gasteiger partial charge in [-0.1, -0.05) is 58.0 Å². The predicted octanol–water partition coefficient (Wildman–Crippen LogP) is 3.64. The van der Waals surface area contributed by atoms with Crippen LogP contribution in [-0.4, -0.2) is 85.8 Å². The number of nitrogens with one attached hydrogen (secondary N) is 1. The van der Waals surface area contributed by atoms with Gasteiger partial charge in [-0.25, -0.2) is 18.4 Å². The van der Waals surface area contributed by atoms with E-state index in [2.05, 4.69) is 52.6 Å². The van der Waals surface area contributed by atoms with Crippen LogP contribution in [0, 0.1) is 0 Å². The van der Waals surface area contributed by atoms with E-state index in [9.17, 15) is 13.6 Å². The third-order valence-electron chi connectivity index (χ3n) is 6.83. The van der Waals surface area contributed by atoms with Crippen molar-refractivity contribution in [2.45, 2.75) is 24.7 Å². The fourth-order valence-electron chi connectivity index (χ4n) is 4.65. The minimum absolute atomic E-state index is 0.308. The summed E-state index contributed by atoms with van der Waals surface area (Å²) in [6.45, 7) is 4.75. The second kappa shape index (κ2) is 14.1. The van der Waals surface area contributed by atoms with Crippen LogP contribution < -0.4 is 15.7 Å². The van der Waals surface area contributed by atoms with Gasteiger partial charge in [0.05, 0.1) is 10.6 Å². The lowest BCUT2D eigenvalue weighted by Gasteiger charge is -2.34. The van der Waals surface area contributed by atoms with Gasteiger partial charge >= 0.3 is 0 Å². The Kier molecular flexibility index (Phi) is 10.6. The number of hydrogen-bond acceptors (Lipinski definition) is 8. The van der Waals surface area contributed by atoms with Crippen LogP contribution in [0.3, 0.4) is 0 Å². The fourth-order valence-corrected chi connectivity index (χ4v) is 7.31. The molecule has 40 heavy (non-hydrogen) atoms. The maximum atomic E-state index is 13.4. The van der Waals surface area contributed by atoms with E-state index in [1.54, 1.807) is 24.5 Å². The molecule has 1 aliphatic heterocycles. The van der Waals surface area contributed by atoms with Crippen molar-refractivity contribution in [1.82, 2.24) is 24.7 Å². The SMILES string of the molecule is CC/C=C(/NO)c1cnc(N2CCN(S(=O)(=O)c3ccc(-c4ccccc4PCCCN(C)C)cc3)CC2)nc1. The van der Waals surface area contributed by atoms with Crippen molar-refractivity contribution >= 4 is 35.6 Å². The van der Waals surface area contributed by atoms with Crippen LogP contribution in [-0.2, 0) is 10.0 Å². The van der Waals surface area contributed by atoms with Crippen molar-refractivity contribution in [1.29, 1.82) is 0 Å². The van der Waals surface area contributed by atoms with E-state index in [-0.39, 0.29) is 0 Å². The zero-order valence-electron chi connectivity index (χ0n) is 23.4. The van der Waals surface area contributed by atoms with Crippen molar-refractivity contribution in [3.63, 3.8) is 0 Å². The normalized spacial score (nSPS) is 15.3. The summed E-state index contributed by atoms with van der Waals surface area (Å²) in [5, 5.41) is 10.6. The van der Waals surface area contributed by atoms with Crippen molar-refractivity contribution in [3.8, 4) is 11.1 Å². The largest absolute Gasteiger partial charge is 0.338 e. The van der Waals surface area contributed by atoms with Gasteiger partial charge in [-0.15, -0.1) is 0 Å². The lowest BCUT2D eigenvalue weighted by Crippen LogP contribution is -2.49. The Bertz CT molecular complexity index is 1370. The second-order valence-corrected chi connectivity index (χ2v) is 13.3. The van der Waals surface area contributed by atoms with Crippen LogP contribution in [0.5, 0.6) is 0 Å². The van der Waals surface area contributed by atoms with E-state index in [1.807, 2.05) is 36.1 Å². The Morgan fingerprint density at radius 3 is 2.35 bits per heavy atom. The van der Waals surface area contributed by atoms with Gasteiger partial charge < -0.3 is 9.80 Å². The molecule has 214 valence electrons. The summed E-state index contributed by atoms with van der Waals surface area (Å²) < 4.78 is 28.4. The molecule has 2 aromatic carbocycles. The molecule has 2 heterocycles. The molecule has 1 unspecified atom stereocenters. The van der Waals surface area contributed by atoms with Gasteiger partial charge in [0, 0.05) is 44.1 Å². The van der Waals surface area contributed by atoms with Gasteiger partial charge in [0.2, 0.25) is 16.0 Å². The number of aromatic nitrogens is 2. The Morgan fingerprint density at radius 1 is 1.05 bits per heavy atom. The van der Waals surface area contributed by atoms with Gasteiger partial charge in [-0.2, -0.15) is 4.31 Å². The summed E-state index contributed by atoms with van der Waals surface area (Å²) in [4.78, 5) is 13.3. The summed E-state index contributed by atoms with van der Waals surface area (Å²) in [6, 6.07) is 15.7. The van der Waals surface area contributed by atoms with Crippen LogP contribution in [0.4, 0.5) is 5.95 Å². The Labute approximate surface area is 239 Å². The standard InChI is InChI=1S/C29H39N6O3PS/c1-4-8-27(32-36)24-21-30-29(31-22-24)34-16-18-35(19-17-34)40(37,38)25-13-11-23(12-14-25)26-9-5-6-10-28(26)39-20-7-15-33(2)3/h5-6,8-14,21-22,32,36,39H,4,7,15-20H2,1-3H3/b27-8+. The highest BCUT2D eigenvalue weighted by atomic mass is 32.2. The zero-order valence-corrected chi connectivity index (χ0v) is 25.2. The number of hydroxylamine groups is 1. The third kappa shape index (κ3) is 7.44. The number of allylic oxidation sites excluding steroid dienone is 1. The topological polar surface area (TPSA) is 102 Å². The molecule has 11 heteroatoms. The molecule has 0 saturated carbocycles. The lowest BCUT2D eigenvalue weighted by molar-refractivity contribution is 0.224. The average molecular weight is 583 g/mol. The number of anilines is 1. The van der Waals surface area contributed by atoms with E-state index < -0.39 is 10.0 Å². The molecule has 0 aliphatic carbocycles. The molecule has 1 fully saturated rings. The molecule has 3 aromatic rings. The van der Waals surface area contributed by atoms with Crippen LogP contribution in [0.2, 0.25) is 0 Å². The summed E-state index contributed by atoms with van der Waals surface area (Å²) >= 11 is 0. The molecule has 0 spiro atoms. The molecular formula is C29H39N6O3PS. The van der Waals surface area contributed by atoms with Crippen molar-refractivity contribution in [3.05, 3.63) is 72.6 Å². The quantitative estimate of drug-likeness (QED) is 0.190. The minimum Gasteiger partial charge on any atom is -0.338 e. The summed E-state index contributed by atoms with van der Waals surface area (Å²) in [5.41, 5.74) is 5.62. The fraction of sp³-hybridized carbons (Fsp3) is 0.379. The van der Waals surface area contributed by atoms with Gasteiger partial charge in [0.15, 0.2) is 0 Å². The van der Waals surface area contributed by atoms with Crippen molar-refractivity contribution in [2.75, 3.05) is 57.9 Å². The van der Waals surface area contributed by atoms with E-state index >= 15 is 0 Å². The van der Waals surface area contributed by atoms with E-state index in [0.29, 0.717) is 56.9 Å². The molecule has 0 amide bonds. The first-order valence-corrected chi connectivity index (χ1v) is 16.2.